The standard InChI is InChI=1S/C16H14O3.Na/c1-2-10-7-8-14-12(15(10)16(17)18)9-11-5-3-4-6-13(11)19-14;/h3-8H,2,9H2,1H3,(H,17,18);/q;+1/p-1. The fraction of sp³-hybridized carbons (Fsp3) is 0.188. The van der Waals surface area contributed by atoms with Gasteiger partial charge in [0.25, 0.3) is 0 Å². The van der Waals surface area contributed by atoms with Gasteiger partial charge in [0.15, 0.2) is 0 Å². The first-order chi connectivity index (χ1) is 9.20. The summed E-state index contributed by atoms with van der Waals surface area (Å²) in [6, 6.07) is 11.3. The van der Waals surface area contributed by atoms with Gasteiger partial charge in [0.2, 0.25) is 0 Å². The van der Waals surface area contributed by atoms with Gasteiger partial charge in [-0.15, -0.1) is 0 Å². The molecule has 0 saturated heterocycles. The summed E-state index contributed by atoms with van der Waals surface area (Å²) in [5.41, 5.74) is 2.81. The largest absolute Gasteiger partial charge is 1.00 e. The minimum absolute atomic E-state index is 0. The van der Waals surface area contributed by atoms with E-state index < -0.39 is 5.97 Å². The van der Waals surface area contributed by atoms with E-state index in [0.29, 0.717) is 18.6 Å². The molecule has 2 aromatic rings. The van der Waals surface area contributed by atoms with Crippen LogP contribution in [0.2, 0.25) is 0 Å². The predicted molar refractivity (Wildman–Crippen MR) is 69.5 cm³/mol. The van der Waals surface area contributed by atoms with Crippen LogP contribution in [0.3, 0.4) is 0 Å². The Kier molecular flexibility index (Phi) is 4.53. The van der Waals surface area contributed by atoms with Crippen LogP contribution in [-0.4, -0.2) is 5.97 Å². The summed E-state index contributed by atoms with van der Waals surface area (Å²) in [6.07, 6.45) is 1.24. The summed E-state index contributed by atoms with van der Waals surface area (Å²) >= 11 is 0. The molecule has 0 amide bonds. The molecule has 3 rings (SSSR count). The molecule has 4 heteroatoms. The molecule has 0 bridgehead atoms. The summed E-state index contributed by atoms with van der Waals surface area (Å²) in [5.74, 6) is 0.287. The number of carbonyl (C=O) groups is 1. The van der Waals surface area contributed by atoms with Gasteiger partial charge in [-0.3, -0.25) is 0 Å². The van der Waals surface area contributed by atoms with Crippen LogP contribution in [0.1, 0.15) is 34.0 Å². The predicted octanol–water partition coefficient (Wildman–Crippen LogP) is -0.687. The van der Waals surface area contributed by atoms with Crippen molar-refractivity contribution in [3.63, 3.8) is 0 Å². The maximum Gasteiger partial charge on any atom is 1.00 e. The Morgan fingerprint density at radius 3 is 2.65 bits per heavy atom. The zero-order valence-corrected chi connectivity index (χ0v) is 13.6. The number of para-hydroxylation sites is 1. The third-order valence-corrected chi connectivity index (χ3v) is 3.50. The second kappa shape index (κ2) is 6.00. The van der Waals surface area contributed by atoms with Crippen molar-refractivity contribution in [1.29, 1.82) is 0 Å². The summed E-state index contributed by atoms with van der Waals surface area (Å²) < 4.78 is 5.78. The van der Waals surface area contributed by atoms with Crippen molar-refractivity contribution in [1.82, 2.24) is 0 Å². The Hall–Kier alpha value is -1.29. The Morgan fingerprint density at radius 1 is 1.20 bits per heavy atom. The molecule has 0 radical (unpaired) electrons. The Morgan fingerprint density at radius 2 is 1.95 bits per heavy atom. The quantitative estimate of drug-likeness (QED) is 0.582. The molecule has 0 aromatic heterocycles. The summed E-state index contributed by atoms with van der Waals surface area (Å²) in [4.78, 5) is 11.4. The third kappa shape index (κ3) is 2.49. The molecule has 0 saturated carbocycles. The van der Waals surface area contributed by atoms with Gasteiger partial charge in [-0.05, 0) is 29.7 Å². The molecule has 0 unspecified atom stereocenters. The van der Waals surface area contributed by atoms with E-state index in [2.05, 4.69) is 0 Å². The van der Waals surface area contributed by atoms with Crippen molar-refractivity contribution in [2.24, 2.45) is 0 Å². The molecule has 2 aromatic carbocycles. The average Bonchev–Trinajstić information content (AvgIpc) is 2.43. The molecule has 1 aliphatic rings. The molecule has 20 heavy (non-hydrogen) atoms. The van der Waals surface area contributed by atoms with Gasteiger partial charge in [0.1, 0.15) is 11.5 Å². The van der Waals surface area contributed by atoms with Crippen LogP contribution in [0.25, 0.3) is 0 Å². The molecule has 0 aliphatic carbocycles. The van der Waals surface area contributed by atoms with Crippen LogP contribution in [0.5, 0.6) is 11.5 Å². The van der Waals surface area contributed by atoms with Crippen molar-refractivity contribution in [2.75, 3.05) is 0 Å². The third-order valence-electron chi connectivity index (χ3n) is 3.50. The molecule has 0 N–H and O–H groups in total. The van der Waals surface area contributed by atoms with Crippen LogP contribution in [0, 0.1) is 0 Å². The summed E-state index contributed by atoms with van der Waals surface area (Å²) in [7, 11) is 0. The molecule has 1 aliphatic heterocycles. The number of hydrogen-bond donors (Lipinski definition) is 0. The molecule has 0 atom stereocenters. The number of hydrogen-bond acceptors (Lipinski definition) is 3. The number of carbonyl (C=O) groups excluding carboxylic acids is 1. The normalized spacial score (nSPS) is 11.7. The molecule has 1 heterocycles. The molecular formula is C16H13NaO3. The monoisotopic (exact) mass is 276 g/mol. The molecule has 3 nitrogen and oxygen atoms in total. The Bertz CT molecular complexity index is 665. The number of ether oxygens (including phenoxy) is 1. The fourth-order valence-corrected chi connectivity index (χ4v) is 2.56. The zero-order chi connectivity index (χ0) is 13.4. The van der Waals surface area contributed by atoms with Crippen molar-refractivity contribution in [2.45, 2.75) is 19.8 Å². The SMILES string of the molecule is CCc1ccc2c(c1C(=O)[O-])Cc1ccccc1O2.[Na+]. The number of benzene rings is 2. The fourth-order valence-electron chi connectivity index (χ4n) is 2.56. The van der Waals surface area contributed by atoms with Gasteiger partial charge in [-0.1, -0.05) is 31.2 Å². The van der Waals surface area contributed by atoms with E-state index in [1.807, 2.05) is 37.3 Å². The van der Waals surface area contributed by atoms with Crippen LogP contribution >= 0.6 is 0 Å². The number of aryl methyl sites for hydroxylation is 1. The number of carboxylic acid groups (broad SMARTS) is 1. The van der Waals surface area contributed by atoms with Crippen molar-refractivity contribution in [3.8, 4) is 11.5 Å². The minimum Gasteiger partial charge on any atom is -0.545 e. The molecule has 0 fully saturated rings. The number of aromatic carboxylic acids is 1. The van der Waals surface area contributed by atoms with E-state index in [4.69, 9.17) is 4.74 Å². The number of rotatable bonds is 2. The molecule has 96 valence electrons. The second-order valence-corrected chi connectivity index (χ2v) is 4.60. The number of fused-ring (bicyclic) bond motifs is 2. The first-order valence-corrected chi connectivity index (χ1v) is 6.32. The Labute approximate surface area is 139 Å². The van der Waals surface area contributed by atoms with Crippen molar-refractivity contribution >= 4 is 5.97 Å². The second-order valence-electron chi connectivity index (χ2n) is 4.60. The zero-order valence-electron chi connectivity index (χ0n) is 11.6. The summed E-state index contributed by atoms with van der Waals surface area (Å²) in [6.45, 7) is 1.94. The van der Waals surface area contributed by atoms with E-state index >= 15 is 0 Å². The smallest absolute Gasteiger partial charge is 0.545 e. The van der Waals surface area contributed by atoms with Crippen molar-refractivity contribution < 1.29 is 44.2 Å². The topological polar surface area (TPSA) is 49.4 Å². The van der Waals surface area contributed by atoms with Gasteiger partial charge in [0.05, 0.1) is 5.97 Å². The summed E-state index contributed by atoms with van der Waals surface area (Å²) in [5, 5.41) is 11.4. The molecule has 0 spiro atoms. The van der Waals surface area contributed by atoms with Gasteiger partial charge in [0, 0.05) is 17.5 Å². The molecular weight excluding hydrogens is 263 g/mol. The maximum absolute atomic E-state index is 11.4. The van der Waals surface area contributed by atoms with Gasteiger partial charge in [-0.2, -0.15) is 0 Å². The first kappa shape index (κ1) is 15.1. The first-order valence-electron chi connectivity index (χ1n) is 6.32. The van der Waals surface area contributed by atoms with Crippen LogP contribution in [0.15, 0.2) is 36.4 Å². The van der Waals surface area contributed by atoms with Crippen LogP contribution in [-0.2, 0) is 12.8 Å². The van der Waals surface area contributed by atoms with E-state index in [0.717, 1.165) is 22.4 Å². The van der Waals surface area contributed by atoms with E-state index in [1.54, 1.807) is 6.07 Å². The van der Waals surface area contributed by atoms with Crippen molar-refractivity contribution in [3.05, 3.63) is 58.7 Å². The Balaban J connectivity index is 0.00000147. The number of carboxylic acids is 1. The van der Waals surface area contributed by atoms with Crippen LogP contribution in [0.4, 0.5) is 0 Å². The van der Waals surface area contributed by atoms with Crippen LogP contribution < -0.4 is 39.4 Å². The average molecular weight is 276 g/mol. The van der Waals surface area contributed by atoms with E-state index in [1.165, 1.54) is 0 Å². The van der Waals surface area contributed by atoms with E-state index in [9.17, 15) is 9.90 Å². The van der Waals surface area contributed by atoms with Gasteiger partial charge < -0.3 is 14.6 Å². The van der Waals surface area contributed by atoms with Gasteiger partial charge >= 0.3 is 29.6 Å². The van der Waals surface area contributed by atoms with E-state index in [-0.39, 0.29) is 35.1 Å². The maximum atomic E-state index is 11.4. The minimum atomic E-state index is -1.13. The van der Waals surface area contributed by atoms with Gasteiger partial charge in [-0.25, -0.2) is 0 Å².